The van der Waals surface area contributed by atoms with Crippen LogP contribution in [0, 0.1) is 6.92 Å². The molecule has 21 heavy (non-hydrogen) atoms. The van der Waals surface area contributed by atoms with E-state index in [-0.39, 0.29) is 0 Å². The lowest BCUT2D eigenvalue weighted by Crippen LogP contribution is -1.92. The molecule has 0 atom stereocenters. The molecule has 0 fully saturated rings. The van der Waals surface area contributed by atoms with Gasteiger partial charge in [-0.1, -0.05) is 48.5 Å². The van der Waals surface area contributed by atoms with Crippen molar-refractivity contribution in [1.29, 1.82) is 0 Å². The highest BCUT2D eigenvalue weighted by molar-refractivity contribution is 5.74. The monoisotopic (exact) mass is 279 g/mol. The fourth-order valence-corrected chi connectivity index (χ4v) is 2.31. The Bertz CT molecular complexity index is 740. The summed E-state index contributed by atoms with van der Waals surface area (Å²) >= 11 is 0. The van der Waals surface area contributed by atoms with Gasteiger partial charge in [0.15, 0.2) is 0 Å². The van der Waals surface area contributed by atoms with Crippen molar-refractivity contribution in [3.63, 3.8) is 0 Å². The molecule has 0 saturated heterocycles. The van der Waals surface area contributed by atoms with Crippen LogP contribution in [0.15, 0.2) is 47.0 Å². The predicted molar refractivity (Wildman–Crippen MR) is 83.7 cm³/mol. The number of hydrogen-bond donors (Lipinski definition) is 1. The average Bonchev–Trinajstić information content (AvgIpc) is 2.97. The molecule has 3 rings (SSSR count). The number of aromatic nitrogens is 2. The van der Waals surface area contributed by atoms with E-state index in [1.807, 2.05) is 37.3 Å². The fraction of sp³-hybridized carbons (Fsp3) is 0.176. The lowest BCUT2D eigenvalue weighted by molar-refractivity contribution is 0.432. The van der Waals surface area contributed by atoms with Gasteiger partial charge in [0.2, 0.25) is 5.82 Å². The fourth-order valence-electron chi connectivity index (χ4n) is 2.31. The van der Waals surface area contributed by atoms with Crippen LogP contribution in [0.1, 0.15) is 18.1 Å². The second-order valence-corrected chi connectivity index (χ2v) is 5.01. The van der Waals surface area contributed by atoms with E-state index in [0.717, 1.165) is 23.1 Å². The van der Waals surface area contributed by atoms with Crippen LogP contribution in [0.2, 0.25) is 0 Å². The summed E-state index contributed by atoms with van der Waals surface area (Å²) in [5.74, 6) is 1.04. The van der Waals surface area contributed by atoms with Crippen LogP contribution < -0.4 is 5.73 Å². The molecule has 2 aromatic carbocycles. The standard InChI is InChI=1S/C17H17N3O/c1-3-12-7-9-13(10-8-12)16-19-17(21-20-16)15-11(2)5-4-6-14(15)18/h4-10H,3,18H2,1-2H3. The van der Waals surface area contributed by atoms with E-state index < -0.39 is 0 Å². The van der Waals surface area contributed by atoms with Gasteiger partial charge in [-0.3, -0.25) is 0 Å². The number of anilines is 1. The first-order valence-corrected chi connectivity index (χ1v) is 6.97. The van der Waals surface area contributed by atoms with Crippen molar-refractivity contribution in [1.82, 2.24) is 10.1 Å². The Morgan fingerprint density at radius 1 is 1.10 bits per heavy atom. The summed E-state index contributed by atoms with van der Waals surface area (Å²) in [6.07, 6.45) is 1.01. The molecular formula is C17H17N3O. The third-order valence-corrected chi connectivity index (χ3v) is 3.57. The van der Waals surface area contributed by atoms with Crippen molar-refractivity contribution in [3.05, 3.63) is 53.6 Å². The van der Waals surface area contributed by atoms with E-state index >= 15 is 0 Å². The first kappa shape index (κ1) is 13.4. The van der Waals surface area contributed by atoms with Gasteiger partial charge in [-0.15, -0.1) is 0 Å². The van der Waals surface area contributed by atoms with Crippen molar-refractivity contribution in [3.8, 4) is 22.8 Å². The van der Waals surface area contributed by atoms with Crippen LogP contribution in [0.25, 0.3) is 22.8 Å². The molecular weight excluding hydrogens is 262 g/mol. The molecule has 0 aliphatic rings. The first-order chi connectivity index (χ1) is 10.2. The zero-order valence-corrected chi connectivity index (χ0v) is 12.1. The van der Waals surface area contributed by atoms with Gasteiger partial charge >= 0.3 is 0 Å². The van der Waals surface area contributed by atoms with E-state index in [1.165, 1.54) is 5.56 Å². The number of hydrogen-bond acceptors (Lipinski definition) is 4. The number of nitrogen functional groups attached to an aromatic ring is 1. The molecule has 0 spiro atoms. The second-order valence-electron chi connectivity index (χ2n) is 5.01. The quantitative estimate of drug-likeness (QED) is 0.739. The summed E-state index contributed by atoms with van der Waals surface area (Å²) in [4.78, 5) is 4.47. The molecule has 0 aliphatic heterocycles. The van der Waals surface area contributed by atoms with E-state index in [1.54, 1.807) is 0 Å². The molecule has 0 unspecified atom stereocenters. The summed E-state index contributed by atoms with van der Waals surface area (Å²) in [6, 6.07) is 13.9. The summed E-state index contributed by atoms with van der Waals surface area (Å²) in [7, 11) is 0. The van der Waals surface area contributed by atoms with Crippen LogP contribution in [0.4, 0.5) is 5.69 Å². The van der Waals surface area contributed by atoms with E-state index in [2.05, 4.69) is 29.2 Å². The van der Waals surface area contributed by atoms with Gasteiger partial charge in [-0.05, 0) is 30.5 Å². The van der Waals surface area contributed by atoms with E-state index in [4.69, 9.17) is 10.3 Å². The number of rotatable bonds is 3. The molecule has 0 radical (unpaired) electrons. The Labute approximate surface area is 123 Å². The highest BCUT2D eigenvalue weighted by Crippen LogP contribution is 2.29. The molecule has 0 saturated carbocycles. The second kappa shape index (κ2) is 5.40. The Kier molecular flexibility index (Phi) is 3.44. The molecule has 1 aromatic heterocycles. The van der Waals surface area contributed by atoms with Crippen LogP contribution in [-0.2, 0) is 6.42 Å². The third kappa shape index (κ3) is 2.52. The zero-order chi connectivity index (χ0) is 14.8. The first-order valence-electron chi connectivity index (χ1n) is 6.97. The Hall–Kier alpha value is -2.62. The molecule has 0 amide bonds. The molecule has 106 valence electrons. The van der Waals surface area contributed by atoms with E-state index in [9.17, 15) is 0 Å². The minimum absolute atomic E-state index is 0.458. The minimum Gasteiger partial charge on any atom is -0.398 e. The molecule has 0 aliphatic carbocycles. The van der Waals surface area contributed by atoms with Crippen molar-refractivity contribution in [2.24, 2.45) is 0 Å². The van der Waals surface area contributed by atoms with Gasteiger partial charge in [0.05, 0.1) is 5.56 Å². The zero-order valence-electron chi connectivity index (χ0n) is 12.1. The van der Waals surface area contributed by atoms with Crippen molar-refractivity contribution < 1.29 is 4.52 Å². The Morgan fingerprint density at radius 3 is 2.52 bits per heavy atom. The van der Waals surface area contributed by atoms with Crippen LogP contribution in [-0.4, -0.2) is 10.1 Å². The molecule has 1 heterocycles. The molecule has 4 nitrogen and oxygen atoms in total. The van der Waals surface area contributed by atoms with Crippen molar-refractivity contribution in [2.75, 3.05) is 5.73 Å². The van der Waals surface area contributed by atoms with Gasteiger partial charge in [-0.2, -0.15) is 4.98 Å². The lowest BCUT2D eigenvalue weighted by Gasteiger charge is -2.03. The van der Waals surface area contributed by atoms with Gasteiger partial charge in [0.1, 0.15) is 0 Å². The van der Waals surface area contributed by atoms with Crippen molar-refractivity contribution in [2.45, 2.75) is 20.3 Å². The van der Waals surface area contributed by atoms with Crippen LogP contribution in [0.5, 0.6) is 0 Å². The summed E-state index contributed by atoms with van der Waals surface area (Å²) in [5.41, 5.74) is 10.7. The van der Waals surface area contributed by atoms with Crippen LogP contribution in [0.3, 0.4) is 0 Å². The highest BCUT2D eigenvalue weighted by atomic mass is 16.5. The van der Waals surface area contributed by atoms with Gasteiger partial charge < -0.3 is 10.3 Å². The maximum Gasteiger partial charge on any atom is 0.260 e. The molecule has 4 heteroatoms. The molecule has 2 N–H and O–H groups in total. The van der Waals surface area contributed by atoms with Crippen molar-refractivity contribution >= 4 is 5.69 Å². The molecule has 0 bridgehead atoms. The molecule has 3 aromatic rings. The normalized spacial score (nSPS) is 10.8. The topological polar surface area (TPSA) is 64.9 Å². The highest BCUT2D eigenvalue weighted by Gasteiger charge is 2.14. The maximum absolute atomic E-state index is 6.01. The SMILES string of the molecule is CCc1ccc(-c2noc(-c3c(C)cccc3N)n2)cc1. The Balaban J connectivity index is 1.99. The number of nitrogens with zero attached hydrogens (tertiary/aromatic N) is 2. The maximum atomic E-state index is 6.01. The average molecular weight is 279 g/mol. The van der Waals surface area contributed by atoms with E-state index in [0.29, 0.717) is 17.4 Å². The number of nitrogens with two attached hydrogens (primary N) is 1. The van der Waals surface area contributed by atoms with Gasteiger partial charge in [0, 0.05) is 11.3 Å². The summed E-state index contributed by atoms with van der Waals surface area (Å²) in [6.45, 7) is 4.11. The smallest absolute Gasteiger partial charge is 0.260 e. The van der Waals surface area contributed by atoms with Crippen LogP contribution >= 0.6 is 0 Å². The summed E-state index contributed by atoms with van der Waals surface area (Å²) in [5, 5.41) is 4.06. The van der Waals surface area contributed by atoms with Gasteiger partial charge in [0.25, 0.3) is 5.89 Å². The number of benzene rings is 2. The van der Waals surface area contributed by atoms with Gasteiger partial charge in [-0.25, -0.2) is 0 Å². The lowest BCUT2D eigenvalue weighted by atomic mass is 10.1. The Morgan fingerprint density at radius 2 is 1.86 bits per heavy atom. The largest absolute Gasteiger partial charge is 0.398 e. The number of aryl methyl sites for hydroxylation is 2. The summed E-state index contributed by atoms with van der Waals surface area (Å²) < 4.78 is 5.38. The minimum atomic E-state index is 0.458. The predicted octanol–water partition coefficient (Wildman–Crippen LogP) is 3.86. The third-order valence-electron chi connectivity index (χ3n) is 3.57.